The Bertz CT molecular complexity index is 411. The Morgan fingerprint density at radius 2 is 2.11 bits per heavy atom. The molecule has 4 heteroatoms. The summed E-state index contributed by atoms with van der Waals surface area (Å²) in [6, 6.07) is 4.62. The first-order valence-corrected chi connectivity index (χ1v) is 7.65. The molecule has 1 saturated carbocycles. The Balaban J connectivity index is 2.07. The molecule has 3 unspecified atom stereocenters. The van der Waals surface area contributed by atoms with Crippen molar-refractivity contribution in [2.45, 2.75) is 43.5 Å². The van der Waals surface area contributed by atoms with Crippen LogP contribution in [0.15, 0.2) is 18.2 Å². The summed E-state index contributed by atoms with van der Waals surface area (Å²) >= 11 is 1.85. The highest BCUT2D eigenvalue weighted by Gasteiger charge is 2.28. The standard InChI is InChI=1S/C14H19F2NS/c1-9(10-5-3-6-11(15)14(10)16)17-12-7-4-8-13(12)18-2/h3,5-6,9,12-13,17H,4,7-8H2,1-2H3. The van der Waals surface area contributed by atoms with Gasteiger partial charge in [0.1, 0.15) is 0 Å². The topological polar surface area (TPSA) is 12.0 Å². The molecule has 0 aromatic heterocycles. The second-order valence-corrected chi connectivity index (χ2v) is 5.92. The molecule has 0 saturated heterocycles. The van der Waals surface area contributed by atoms with Crippen LogP contribution in [0.25, 0.3) is 0 Å². The summed E-state index contributed by atoms with van der Waals surface area (Å²) in [7, 11) is 0. The Morgan fingerprint density at radius 3 is 2.83 bits per heavy atom. The van der Waals surface area contributed by atoms with Crippen molar-refractivity contribution < 1.29 is 8.78 Å². The van der Waals surface area contributed by atoms with E-state index in [-0.39, 0.29) is 6.04 Å². The van der Waals surface area contributed by atoms with Gasteiger partial charge in [0.2, 0.25) is 0 Å². The molecule has 0 spiro atoms. The molecular weight excluding hydrogens is 252 g/mol. The predicted molar refractivity (Wildman–Crippen MR) is 72.9 cm³/mol. The van der Waals surface area contributed by atoms with E-state index in [1.165, 1.54) is 12.8 Å². The van der Waals surface area contributed by atoms with E-state index in [4.69, 9.17) is 0 Å². The molecule has 1 N–H and O–H groups in total. The normalized spacial score (nSPS) is 25.3. The number of rotatable bonds is 4. The second-order valence-electron chi connectivity index (χ2n) is 4.84. The first kappa shape index (κ1) is 13.8. The number of hydrogen-bond acceptors (Lipinski definition) is 2. The van der Waals surface area contributed by atoms with Crippen LogP contribution in [0.3, 0.4) is 0 Å². The molecule has 0 radical (unpaired) electrons. The van der Waals surface area contributed by atoms with Gasteiger partial charge >= 0.3 is 0 Å². The van der Waals surface area contributed by atoms with E-state index >= 15 is 0 Å². The lowest BCUT2D eigenvalue weighted by Gasteiger charge is -2.24. The van der Waals surface area contributed by atoms with Crippen LogP contribution in [0.4, 0.5) is 8.78 Å². The van der Waals surface area contributed by atoms with Gasteiger partial charge in [-0.05, 0) is 32.1 Å². The molecule has 1 fully saturated rings. The lowest BCUT2D eigenvalue weighted by molar-refractivity contribution is 0.436. The molecule has 1 nitrogen and oxygen atoms in total. The number of halogens is 2. The van der Waals surface area contributed by atoms with Gasteiger partial charge in [-0.25, -0.2) is 8.78 Å². The highest BCUT2D eigenvalue weighted by atomic mass is 32.2. The van der Waals surface area contributed by atoms with Gasteiger partial charge in [-0.15, -0.1) is 0 Å². The average Bonchev–Trinajstić information content (AvgIpc) is 2.79. The van der Waals surface area contributed by atoms with E-state index in [1.807, 2.05) is 18.7 Å². The summed E-state index contributed by atoms with van der Waals surface area (Å²) in [4.78, 5) is 0. The van der Waals surface area contributed by atoms with Crippen LogP contribution in [0.2, 0.25) is 0 Å². The van der Waals surface area contributed by atoms with Gasteiger partial charge in [-0.3, -0.25) is 0 Å². The Labute approximate surface area is 111 Å². The molecule has 2 rings (SSSR count). The molecule has 0 aliphatic heterocycles. The first-order valence-electron chi connectivity index (χ1n) is 6.36. The van der Waals surface area contributed by atoms with Gasteiger partial charge in [-0.2, -0.15) is 11.8 Å². The smallest absolute Gasteiger partial charge is 0.163 e. The number of hydrogen-bond donors (Lipinski definition) is 1. The number of nitrogens with one attached hydrogen (secondary N) is 1. The molecule has 0 heterocycles. The minimum Gasteiger partial charge on any atom is -0.306 e. The Hall–Kier alpha value is -0.610. The highest BCUT2D eigenvalue weighted by Crippen LogP contribution is 2.30. The Kier molecular flexibility index (Phi) is 4.62. The van der Waals surface area contributed by atoms with Crippen LogP contribution in [-0.4, -0.2) is 17.5 Å². The van der Waals surface area contributed by atoms with Crippen LogP contribution in [-0.2, 0) is 0 Å². The van der Waals surface area contributed by atoms with Crippen LogP contribution >= 0.6 is 11.8 Å². The molecule has 1 aromatic rings. The number of thioether (sulfide) groups is 1. The SMILES string of the molecule is CSC1CCCC1NC(C)c1cccc(F)c1F. The minimum absolute atomic E-state index is 0.154. The van der Waals surface area contributed by atoms with E-state index < -0.39 is 11.6 Å². The van der Waals surface area contributed by atoms with E-state index in [2.05, 4.69) is 11.6 Å². The van der Waals surface area contributed by atoms with Gasteiger partial charge in [-0.1, -0.05) is 18.6 Å². The van der Waals surface area contributed by atoms with Gasteiger partial charge < -0.3 is 5.32 Å². The van der Waals surface area contributed by atoms with Crippen molar-refractivity contribution in [2.75, 3.05) is 6.26 Å². The maximum atomic E-state index is 13.7. The summed E-state index contributed by atoms with van der Waals surface area (Å²) in [5.41, 5.74) is 0.418. The van der Waals surface area contributed by atoms with E-state index in [9.17, 15) is 8.78 Å². The predicted octanol–water partition coefficient (Wildman–Crippen LogP) is 3.90. The summed E-state index contributed by atoms with van der Waals surface area (Å²) in [6.45, 7) is 1.90. The third-order valence-electron chi connectivity index (χ3n) is 3.67. The van der Waals surface area contributed by atoms with Crippen LogP contribution in [0.5, 0.6) is 0 Å². The summed E-state index contributed by atoms with van der Waals surface area (Å²) < 4.78 is 26.9. The third-order valence-corrected chi connectivity index (χ3v) is 4.84. The summed E-state index contributed by atoms with van der Waals surface area (Å²) in [5.74, 6) is -1.50. The molecule has 1 aliphatic rings. The van der Waals surface area contributed by atoms with Crippen molar-refractivity contribution in [3.05, 3.63) is 35.4 Å². The molecule has 3 atom stereocenters. The zero-order chi connectivity index (χ0) is 13.1. The van der Waals surface area contributed by atoms with Crippen LogP contribution in [0, 0.1) is 11.6 Å². The Morgan fingerprint density at radius 1 is 1.33 bits per heavy atom. The van der Waals surface area contributed by atoms with Gasteiger partial charge in [0.05, 0.1) is 0 Å². The van der Waals surface area contributed by atoms with Gasteiger partial charge in [0, 0.05) is 22.9 Å². The molecule has 18 heavy (non-hydrogen) atoms. The maximum absolute atomic E-state index is 13.7. The zero-order valence-electron chi connectivity index (χ0n) is 10.7. The zero-order valence-corrected chi connectivity index (χ0v) is 11.6. The quantitative estimate of drug-likeness (QED) is 0.891. The van der Waals surface area contributed by atoms with E-state index in [0.717, 1.165) is 12.5 Å². The third kappa shape index (κ3) is 2.86. The van der Waals surface area contributed by atoms with Crippen molar-refractivity contribution in [2.24, 2.45) is 0 Å². The van der Waals surface area contributed by atoms with Crippen molar-refractivity contribution >= 4 is 11.8 Å². The number of benzene rings is 1. The van der Waals surface area contributed by atoms with Crippen molar-refractivity contribution in [3.8, 4) is 0 Å². The van der Waals surface area contributed by atoms with Crippen molar-refractivity contribution in [1.82, 2.24) is 5.32 Å². The van der Waals surface area contributed by atoms with E-state index in [1.54, 1.807) is 12.1 Å². The highest BCUT2D eigenvalue weighted by molar-refractivity contribution is 7.99. The first-order chi connectivity index (χ1) is 8.63. The van der Waals surface area contributed by atoms with E-state index in [0.29, 0.717) is 16.9 Å². The fourth-order valence-electron chi connectivity index (χ4n) is 2.66. The molecular formula is C14H19F2NS. The minimum atomic E-state index is -0.769. The lowest BCUT2D eigenvalue weighted by atomic mass is 10.1. The van der Waals surface area contributed by atoms with Crippen molar-refractivity contribution in [3.63, 3.8) is 0 Å². The molecule has 0 amide bonds. The van der Waals surface area contributed by atoms with Crippen LogP contribution < -0.4 is 5.32 Å². The average molecular weight is 271 g/mol. The van der Waals surface area contributed by atoms with Crippen molar-refractivity contribution in [1.29, 1.82) is 0 Å². The monoisotopic (exact) mass is 271 g/mol. The molecule has 1 aromatic carbocycles. The summed E-state index contributed by atoms with van der Waals surface area (Å²) in [6.07, 6.45) is 5.64. The second kappa shape index (κ2) is 6.02. The fraction of sp³-hybridized carbons (Fsp3) is 0.571. The lowest BCUT2D eigenvalue weighted by Crippen LogP contribution is -2.36. The molecule has 0 bridgehead atoms. The van der Waals surface area contributed by atoms with Crippen LogP contribution in [0.1, 0.15) is 37.8 Å². The maximum Gasteiger partial charge on any atom is 0.163 e. The molecule has 1 aliphatic carbocycles. The fourth-order valence-corrected chi connectivity index (χ4v) is 3.61. The van der Waals surface area contributed by atoms with Gasteiger partial charge in [0.15, 0.2) is 11.6 Å². The van der Waals surface area contributed by atoms with Gasteiger partial charge in [0.25, 0.3) is 0 Å². The summed E-state index contributed by atoms with van der Waals surface area (Å²) in [5, 5.41) is 4.02. The largest absolute Gasteiger partial charge is 0.306 e. The molecule has 100 valence electrons.